The largest absolute Gasteiger partial charge is 0.472 e. The molecule has 3 atom stereocenters. The Labute approximate surface area is 382 Å². The van der Waals surface area contributed by atoms with Gasteiger partial charge >= 0.3 is 19.8 Å². The number of ether oxygens (including phenoxy) is 2. The van der Waals surface area contributed by atoms with Crippen molar-refractivity contribution < 1.29 is 47.2 Å². The van der Waals surface area contributed by atoms with E-state index < -0.39 is 38.6 Å². The van der Waals surface area contributed by atoms with Gasteiger partial charge in [0.15, 0.2) is 6.10 Å². The van der Waals surface area contributed by atoms with Gasteiger partial charge in [0.1, 0.15) is 19.8 Å². The van der Waals surface area contributed by atoms with Crippen molar-refractivity contribution in [1.82, 2.24) is 0 Å². The van der Waals surface area contributed by atoms with E-state index in [0.29, 0.717) is 36.7 Å². The van der Waals surface area contributed by atoms with Crippen molar-refractivity contribution in [3.8, 4) is 0 Å². The van der Waals surface area contributed by atoms with E-state index in [4.69, 9.17) is 18.5 Å². The number of aliphatic hydroxyl groups is 1. The monoisotopic (exact) mass is 897 g/mol. The lowest BCUT2D eigenvalue weighted by atomic mass is 10.1. The van der Waals surface area contributed by atoms with Crippen LogP contribution in [0.15, 0.2) is 134 Å². The zero-order chi connectivity index (χ0) is 46.5. The van der Waals surface area contributed by atoms with Gasteiger partial charge in [0.05, 0.1) is 33.9 Å². The quantitative estimate of drug-likeness (QED) is 0.0155. The van der Waals surface area contributed by atoms with E-state index >= 15 is 0 Å². The van der Waals surface area contributed by atoms with Crippen LogP contribution in [-0.2, 0) is 32.7 Å². The second-order valence-corrected chi connectivity index (χ2v) is 17.3. The van der Waals surface area contributed by atoms with Crippen molar-refractivity contribution in [2.45, 2.75) is 135 Å². The van der Waals surface area contributed by atoms with Gasteiger partial charge in [0.25, 0.3) is 0 Å². The molecule has 63 heavy (non-hydrogen) atoms. The summed E-state index contributed by atoms with van der Waals surface area (Å²) in [6.07, 6.45) is 56.9. The van der Waals surface area contributed by atoms with Crippen LogP contribution < -0.4 is 0 Å². The molecule has 0 aromatic rings. The molecule has 0 aliphatic heterocycles. The average Bonchev–Trinajstić information content (AvgIpc) is 3.23. The zero-order valence-corrected chi connectivity index (χ0v) is 40.2. The minimum Gasteiger partial charge on any atom is -0.462 e. The van der Waals surface area contributed by atoms with Crippen LogP contribution in [0.2, 0.25) is 0 Å². The van der Waals surface area contributed by atoms with Crippen molar-refractivity contribution in [3.63, 3.8) is 0 Å². The molecular weight excluding hydrogens is 814 g/mol. The number of hydrogen-bond donors (Lipinski definition) is 2. The van der Waals surface area contributed by atoms with Gasteiger partial charge in [0.2, 0.25) is 0 Å². The lowest BCUT2D eigenvalue weighted by Crippen LogP contribution is -2.37. The average molecular weight is 897 g/mol. The summed E-state index contributed by atoms with van der Waals surface area (Å²) in [7, 11) is 1.35. The SMILES string of the molecule is CC/C=C\C/C=C\C/C=C\C/C=C\C/C=C\CCCCCC(=O)OC[C@H](COP(=O)(O)OCC[N+](C)(C)C)OC(=O)CC/C=C\C/C=C\C/C=C\C=C\C(O)C/C=C\C/C=C\CC. The summed E-state index contributed by atoms with van der Waals surface area (Å²) in [4.78, 5) is 35.4. The van der Waals surface area contributed by atoms with Gasteiger partial charge in [0, 0.05) is 12.8 Å². The number of carbonyl (C=O) groups is 2. The molecule has 0 saturated heterocycles. The van der Waals surface area contributed by atoms with Crippen molar-refractivity contribution in [3.05, 3.63) is 134 Å². The summed E-state index contributed by atoms with van der Waals surface area (Å²) < 4.78 is 34.2. The maximum Gasteiger partial charge on any atom is 0.472 e. The second-order valence-electron chi connectivity index (χ2n) is 15.9. The molecule has 0 radical (unpaired) electrons. The molecule has 0 spiro atoms. The molecule has 11 heteroatoms. The highest BCUT2D eigenvalue weighted by molar-refractivity contribution is 7.47. The Morgan fingerprint density at radius 2 is 1.08 bits per heavy atom. The fourth-order valence-corrected chi connectivity index (χ4v) is 5.95. The second kappa shape index (κ2) is 42.1. The van der Waals surface area contributed by atoms with Gasteiger partial charge in [-0.2, -0.15) is 0 Å². The molecule has 0 saturated carbocycles. The summed E-state index contributed by atoms with van der Waals surface area (Å²) >= 11 is 0. The topological polar surface area (TPSA) is 129 Å². The number of likely N-dealkylation sites (N-methyl/N-ethyl adjacent to an activating group) is 1. The minimum absolute atomic E-state index is 0.00545. The molecule has 0 rings (SSSR count). The summed E-state index contributed by atoms with van der Waals surface area (Å²) in [5, 5.41) is 10.0. The third kappa shape index (κ3) is 45.9. The lowest BCUT2D eigenvalue weighted by Gasteiger charge is -2.24. The zero-order valence-electron chi connectivity index (χ0n) is 39.4. The molecule has 0 aliphatic carbocycles. The minimum atomic E-state index is -4.43. The van der Waals surface area contributed by atoms with Gasteiger partial charge in [-0.25, -0.2) is 4.57 Å². The number of unbranched alkanes of at least 4 members (excludes halogenated alkanes) is 3. The van der Waals surface area contributed by atoms with Crippen LogP contribution in [0.1, 0.15) is 123 Å². The molecule has 354 valence electrons. The molecule has 0 fully saturated rings. The highest BCUT2D eigenvalue weighted by Crippen LogP contribution is 2.43. The number of nitrogens with zero attached hydrogens (tertiary/aromatic N) is 1. The highest BCUT2D eigenvalue weighted by atomic mass is 31.2. The predicted molar refractivity (Wildman–Crippen MR) is 262 cm³/mol. The van der Waals surface area contributed by atoms with E-state index in [1.165, 1.54) is 0 Å². The van der Waals surface area contributed by atoms with Gasteiger partial charge in [-0.05, 0) is 89.9 Å². The first-order chi connectivity index (χ1) is 30.4. The molecule has 10 nitrogen and oxygen atoms in total. The van der Waals surface area contributed by atoms with Gasteiger partial charge < -0.3 is 24.0 Å². The Hall–Kier alpha value is -3.89. The van der Waals surface area contributed by atoms with E-state index in [-0.39, 0.29) is 26.1 Å². The van der Waals surface area contributed by atoms with Crippen LogP contribution in [0.3, 0.4) is 0 Å². The van der Waals surface area contributed by atoms with E-state index in [2.05, 4.69) is 92.8 Å². The van der Waals surface area contributed by atoms with Crippen LogP contribution in [0.25, 0.3) is 0 Å². The van der Waals surface area contributed by atoms with Crippen molar-refractivity contribution in [2.75, 3.05) is 47.5 Å². The summed E-state index contributed by atoms with van der Waals surface area (Å²) in [6, 6.07) is 0. The fraction of sp³-hybridized carbons (Fsp3) is 0.538. The van der Waals surface area contributed by atoms with E-state index in [0.717, 1.165) is 70.6 Å². The van der Waals surface area contributed by atoms with E-state index in [1.54, 1.807) is 6.08 Å². The number of aliphatic hydroxyl groups excluding tert-OH is 1. The first-order valence-electron chi connectivity index (χ1n) is 23.0. The number of carbonyl (C=O) groups excluding carboxylic acids is 2. The Morgan fingerprint density at radius 1 is 0.571 bits per heavy atom. The Bertz CT molecular complexity index is 1540. The van der Waals surface area contributed by atoms with Crippen LogP contribution in [0.4, 0.5) is 0 Å². The third-order valence-electron chi connectivity index (χ3n) is 8.77. The molecule has 2 N–H and O–H groups in total. The predicted octanol–water partition coefficient (Wildman–Crippen LogP) is 12.4. The standard InChI is InChI=1S/C52H82NO9P/c1-6-8-10-12-14-15-16-17-18-19-20-21-22-23-24-28-31-35-39-43-51(55)59-47-50(48-61-63(57,58)60-46-45-53(3,4)5)62-52(56)44-40-36-32-29-26-25-27-30-34-38-42-49(54)41-37-33-13-11-9-7-2/h8-11,14-15,17-18,20-21,23-26,30,32-34,36-38,42,49-50,54H,6-7,12-13,16,19,22,27-29,31,35,39-41,43-48H2,1-5H3/p+1/b10-8-,11-9-,15-14-,18-17-,21-20-,24-23-,26-25-,34-30-,36-32-,37-33-,42-38+/t49?,50-/m1/s1. The normalized spacial score (nSPS) is 15.2. The maximum absolute atomic E-state index is 12.7. The van der Waals surface area contributed by atoms with Gasteiger partial charge in [-0.15, -0.1) is 0 Å². The van der Waals surface area contributed by atoms with Crippen molar-refractivity contribution in [1.29, 1.82) is 0 Å². The van der Waals surface area contributed by atoms with E-state index in [9.17, 15) is 24.2 Å². The summed E-state index contributed by atoms with van der Waals surface area (Å²) in [6.45, 7) is 3.94. The molecule has 0 aliphatic rings. The number of rotatable bonds is 39. The molecular formula is C52H83NO9P+. The van der Waals surface area contributed by atoms with Crippen molar-refractivity contribution in [2.24, 2.45) is 0 Å². The van der Waals surface area contributed by atoms with E-state index in [1.807, 2.05) is 69.8 Å². The first-order valence-corrected chi connectivity index (χ1v) is 24.5. The highest BCUT2D eigenvalue weighted by Gasteiger charge is 2.27. The number of esters is 2. The molecule has 2 unspecified atom stereocenters. The Morgan fingerprint density at radius 3 is 1.63 bits per heavy atom. The molecule has 0 bridgehead atoms. The molecule has 0 aromatic carbocycles. The summed E-state index contributed by atoms with van der Waals surface area (Å²) in [5.74, 6) is -0.981. The lowest BCUT2D eigenvalue weighted by molar-refractivity contribution is -0.870. The first kappa shape index (κ1) is 59.1. The number of quaternary nitrogens is 1. The van der Waals surface area contributed by atoms with Crippen molar-refractivity contribution >= 4 is 19.8 Å². The Balaban J connectivity index is 4.61. The molecule has 0 amide bonds. The van der Waals surface area contributed by atoms with Gasteiger partial charge in [-0.1, -0.05) is 154 Å². The number of phosphoric acid groups is 1. The fourth-order valence-electron chi connectivity index (χ4n) is 5.21. The van der Waals surface area contributed by atoms with Crippen LogP contribution in [-0.4, -0.2) is 86.1 Å². The number of phosphoric ester groups is 1. The smallest absolute Gasteiger partial charge is 0.462 e. The Kier molecular flexibility index (Phi) is 39.5. The number of allylic oxidation sites excluding steroid dienone is 20. The summed E-state index contributed by atoms with van der Waals surface area (Å²) in [5.41, 5.74) is 0. The van der Waals surface area contributed by atoms with Gasteiger partial charge in [-0.3, -0.25) is 18.6 Å². The number of hydrogen-bond acceptors (Lipinski definition) is 8. The molecule has 0 heterocycles. The van der Waals surface area contributed by atoms with Crippen LogP contribution in [0.5, 0.6) is 0 Å². The van der Waals surface area contributed by atoms with Crippen LogP contribution in [0, 0.1) is 0 Å². The molecule has 0 aromatic heterocycles. The van der Waals surface area contributed by atoms with Crippen LogP contribution >= 0.6 is 7.82 Å². The third-order valence-corrected chi connectivity index (χ3v) is 9.75. The maximum atomic E-state index is 12.7.